The van der Waals surface area contributed by atoms with Crippen molar-refractivity contribution < 1.29 is 121 Å². The number of aliphatic hydroxyl groups excluding tert-OH is 5. The molecule has 4 heterocycles. The summed E-state index contributed by atoms with van der Waals surface area (Å²) in [5.41, 5.74) is 6.25. The number of hydrogen-bond acceptors (Lipinski definition) is 28. The lowest BCUT2D eigenvalue weighted by atomic mass is 9.75. The van der Waals surface area contributed by atoms with Crippen LogP contribution in [0.3, 0.4) is 0 Å². The maximum Gasteiger partial charge on any atom is 0.411 e. The van der Waals surface area contributed by atoms with Crippen molar-refractivity contribution in [2.75, 3.05) is 67.5 Å². The molecular formula is C72H107IN8O25S3. The molecule has 15 N–H and O–H groups in total. The van der Waals surface area contributed by atoms with Crippen LogP contribution in [0.4, 0.5) is 9.59 Å². The summed E-state index contributed by atoms with van der Waals surface area (Å²) >= 11 is 2.24. The van der Waals surface area contributed by atoms with Crippen LogP contribution in [0, 0.1) is 40.1 Å². The molecule has 6 amide bonds. The molecule has 1 aromatic rings. The summed E-state index contributed by atoms with van der Waals surface area (Å²) in [4.78, 5) is 84.6. The second kappa shape index (κ2) is 42.1. The molecule has 33 nitrogen and oxygen atoms in total. The van der Waals surface area contributed by atoms with E-state index in [-0.39, 0.29) is 113 Å². The largest absolute Gasteiger partial charge is 0.492 e. The highest BCUT2D eigenvalue weighted by atomic mass is 127. The number of ketones is 1. The molecule has 0 aromatic heterocycles. The number of urea groups is 1. The maximum absolute atomic E-state index is 14.5. The minimum atomic E-state index is -2.22. The van der Waals surface area contributed by atoms with Crippen LogP contribution in [0.2, 0.25) is 0 Å². The highest BCUT2D eigenvalue weighted by Crippen LogP contribution is 2.48. The van der Waals surface area contributed by atoms with E-state index in [9.17, 15) is 59.4 Å². The zero-order valence-electron chi connectivity index (χ0n) is 63.8. The Bertz CT molecular complexity index is 3600. The Kier molecular flexibility index (Phi) is 35.0. The third-order valence-corrected chi connectivity index (χ3v) is 25.0. The minimum absolute atomic E-state index is 0.0362. The highest BCUT2D eigenvalue weighted by Gasteiger charge is 2.52. The van der Waals surface area contributed by atoms with Crippen molar-refractivity contribution in [3.05, 3.63) is 49.8 Å². The Morgan fingerprint density at radius 1 is 0.862 bits per heavy atom. The lowest BCUT2D eigenvalue weighted by Crippen LogP contribution is -2.65. The fourth-order valence-corrected chi connectivity index (χ4v) is 17.5. The number of carbonyl (C=O) groups excluding carboxylic acids is 6. The second-order valence-corrected chi connectivity index (χ2v) is 33.1. The molecule has 7 rings (SSSR count). The summed E-state index contributed by atoms with van der Waals surface area (Å²) in [6.07, 6.45) is -14.0. The molecule has 6 aliphatic rings. The fourth-order valence-electron chi connectivity index (χ4n) is 13.1. The number of alkyl carbamates (subject to hydrolysis) is 1. The van der Waals surface area contributed by atoms with E-state index in [4.69, 9.17) is 67.4 Å². The van der Waals surface area contributed by atoms with E-state index < -0.39 is 168 Å². The van der Waals surface area contributed by atoms with Crippen molar-refractivity contribution in [1.29, 1.82) is 0 Å². The molecule has 0 spiro atoms. The Morgan fingerprint density at radius 2 is 1.57 bits per heavy atom. The van der Waals surface area contributed by atoms with Crippen LogP contribution in [0.15, 0.2) is 35.1 Å². The van der Waals surface area contributed by atoms with Crippen LogP contribution in [0.25, 0.3) is 0 Å². The Hall–Kier alpha value is -5.45. The van der Waals surface area contributed by atoms with Gasteiger partial charge in [-0.1, -0.05) is 72.1 Å². The molecule has 0 unspecified atom stereocenters. The first-order valence-corrected chi connectivity index (χ1v) is 40.2. The summed E-state index contributed by atoms with van der Waals surface area (Å²) in [5, 5.41) is 86.9. The van der Waals surface area contributed by atoms with Crippen LogP contribution in [0.5, 0.6) is 17.2 Å². The summed E-state index contributed by atoms with van der Waals surface area (Å²) < 4.78 is 72.8. The number of fused-ring (bicyclic) bond motifs is 2. The average Bonchev–Trinajstić information content (AvgIpc) is 0.754. The number of carbonyl (C=O) groups is 6. The van der Waals surface area contributed by atoms with Crippen molar-refractivity contribution in [3.63, 3.8) is 0 Å². The lowest BCUT2D eigenvalue weighted by molar-refractivity contribution is -0.336. The Labute approximate surface area is 660 Å². The van der Waals surface area contributed by atoms with Crippen LogP contribution in [-0.4, -0.2) is 271 Å². The standard InChI is InChI=1S/C72H107IN8O25S3/c1-16-75-42-33-99-47(31-46(42)94-11)104-61-56(86)53(81-106-48-30-43(83)63(38(7)100-48)108-66(90)49-35(4)51(73)59(62(97-14)58(49)95-12)105-67-57(87)60(96-13)55(85)37(6)102-67)36(5)101-68(61)103-45-23-19-17-18-20-25-72(93)32-44(84)54(80-70(92)98-15)50(45)40(72)24-29-107-109-71(9,10)26-28-76-64(88)41(22-21-27-77-69(74)91)79-65(89)52(34(2)3)78-39(8)82/h17-18,24,34,36-38,41-43,45-48,52-53,55-57,60-61,63,67-68,75,81,83,85-87,90,93,108H,16,21-22,26-33H2,1-15H3,(H,76,88)(H,78,82)(H,79,89)(H,80,92)(H3,74,77,91)/b18-17?,40-24+/t36-,37+,38-,41+,42+,43+,45+,46+,47+,48+,52+,53-,55+,56+,57-,60-,61-,63-,67+,68+,72+/m1/s1. The van der Waals surface area contributed by atoms with Gasteiger partial charge in [-0.2, -0.15) is 16.8 Å². The predicted molar refractivity (Wildman–Crippen MR) is 413 cm³/mol. The van der Waals surface area contributed by atoms with E-state index in [0.717, 1.165) is 7.11 Å². The van der Waals surface area contributed by atoms with Crippen LogP contribution >= 0.6 is 55.5 Å². The number of halogens is 1. The number of primary amides is 1. The summed E-state index contributed by atoms with van der Waals surface area (Å²) in [6.45, 7) is 18.3. The first-order chi connectivity index (χ1) is 51.7. The average molecular weight is 1710 g/mol. The molecule has 2 aliphatic carbocycles. The summed E-state index contributed by atoms with van der Waals surface area (Å²) in [7, 11) is 9.56. The van der Waals surface area contributed by atoms with Gasteiger partial charge in [-0.3, -0.25) is 29.3 Å². The number of hydroxylamine groups is 1. The molecular weight excluding hydrogens is 1600 g/mol. The zero-order valence-corrected chi connectivity index (χ0v) is 68.5. The van der Waals surface area contributed by atoms with Crippen molar-refractivity contribution in [1.82, 2.24) is 37.4 Å². The molecule has 0 saturated carbocycles. The number of benzene rings is 1. The van der Waals surface area contributed by atoms with Crippen molar-refractivity contribution in [2.24, 2.45) is 11.7 Å². The molecule has 0 radical (unpaired) electrons. The van der Waals surface area contributed by atoms with Gasteiger partial charge in [0.05, 0.1) is 97.0 Å². The molecule has 1 aromatic carbocycles. The van der Waals surface area contributed by atoms with E-state index in [1.807, 2.05) is 43.4 Å². The maximum atomic E-state index is 14.5. The normalized spacial score (nSPS) is 30.9. The first kappa shape index (κ1) is 90.7. The van der Waals surface area contributed by atoms with Gasteiger partial charge in [-0.25, -0.2) is 9.59 Å². The summed E-state index contributed by atoms with van der Waals surface area (Å²) in [5.74, 6) is 9.40. The number of amides is 6. The summed E-state index contributed by atoms with van der Waals surface area (Å²) in [6, 6.07) is -4.07. The number of ether oxygens (including phenoxy) is 12. The molecule has 37 heteroatoms. The molecule has 4 fully saturated rings. The zero-order chi connectivity index (χ0) is 80.4. The fraction of sp³-hybridized carbons (Fsp3) is 0.681. The van der Waals surface area contributed by atoms with Crippen LogP contribution in [-0.2, 0) is 66.6 Å². The van der Waals surface area contributed by atoms with E-state index >= 15 is 0 Å². The number of thiol groups is 1. The van der Waals surface area contributed by atoms with Gasteiger partial charge in [0, 0.05) is 68.7 Å². The topological polar surface area (TPSA) is 454 Å². The number of rotatable bonds is 34. The van der Waals surface area contributed by atoms with Crippen molar-refractivity contribution in [2.45, 2.75) is 240 Å². The molecule has 2 bridgehead atoms. The SMILES string of the molecule is CCN[C@H]1CO[C@@H](O[C@H]2[C@H](O[C@H]3C#CC=CC#C[C@]4(O)CC(=O)C(NC(=O)OC)=C3/C4=C\CSSC(C)(C)CCNC(=O)[C@H](CCCNC(N)=O)NC(=O)[C@@H](NC(C)=O)C(C)C)O[C@H](C)[C@@H](NO[C@H]3C[C@H](O)[C@H]([SH]=C(O)c4c(C)c(I)c(O[C@@H]5O[C@@H](C)[C@H](O)[C@@H](OC)[C@H]5O)c(OC)c4OC)[C@@H](C)O3)[C@@H]2O)C[C@@H]1OC. The minimum Gasteiger partial charge on any atom is -0.492 e. The third-order valence-electron chi connectivity index (χ3n) is 19.0. The van der Waals surface area contributed by atoms with E-state index in [1.54, 1.807) is 54.7 Å². The Morgan fingerprint density at radius 3 is 2.21 bits per heavy atom. The number of Topliss-reactive ketones (excluding diaryl/α,β-unsaturated/α-hetero) is 1. The van der Waals surface area contributed by atoms with Gasteiger partial charge in [-0.05, 0) is 114 Å². The Balaban J connectivity index is 1.12. The monoisotopic (exact) mass is 1710 g/mol. The lowest BCUT2D eigenvalue weighted by Gasteiger charge is -2.46. The molecule has 109 heavy (non-hydrogen) atoms. The van der Waals surface area contributed by atoms with Gasteiger partial charge >= 0.3 is 12.1 Å². The number of hydrogen-bond donors (Lipinski definition) is 15. The van der Waals surface area contributed by atoms with Gasteiger partial charge < -0.3 is 120 Å². The van der Waals surface area contributed by atoms with E-state index in [1.165, 1.54) is 62.0 Å². The molecule has 4 saturated heterocycles. The molecule has 610 valence electrons. The molecule has 4 aliphatic heterocycles. The van der Waals surface area contributed by atoms with Gasteiger partial charge in [0.25, 0.3) is 0 Å². The van der Waals surface area contributed by atoms with E-state index in [0.29, 0.717) is 28.5 Å². The van der Waals surface area contributed by atoms with Crippen molar-refractivity contribution in [3.8, 4) is 40.9 Å². The number of nitrogens with two attached hydrogens (primary N) is 1. The van der Waals surface area contributed by atoms with E-state index in [2.05, 4.69) is 61.1 Å². The number of allylic oxidation sites excluding steroid dienone is 3. The quantitative estimate of drug-likeness (QED) is 0.00891. The highest BCUT2D eigenvalue weighted by molar-refractivity contribution is 14.1. The smallest absolute Gasteiger partial charge is 0.411 e. The number of nitrogens with one attached hydrogen (secondary N) is 7. The third kappa shape index (κ3) is 23.8. The second-order valence-electron chi connectivity index (χ2n) is 27.7. The van der Waals surface area contributed by atoms with Gasteiger partial charge in [0.2, 0.25) is 29.8 Å². The number of aliphatic hydroxyl groups is 6. The molecule has 21 atom stereocenters. The van der Waals surface area contributed by atoms with Crippen LogP contribution in [0.1, 0.15) is 112 Å². The van der Waals surface area contributed by atoms with Gasteiger partial charge in [0.15, 0.2) is 41.8 Å². The van der Waals surface area contributed by atoms with Gasteiger partial charge in [0.1, 0.15) is 53.8 Å². The first-order valence-electron chi connectivity index (χ1n) is 35.8. The predicted octanol–water partition coefficient (Wildman–Crippen LogP) is 1.93. The van der Waals surface area contributed by atoms with Gasteiger partial charge in [-0.15, -0.1) is 0 Å². The number of methoxy groups -OCH3 is 5. The number of likely N-dealkylation sites (N-methyl/N-ethyl adjacent to an activating group) is 1. The van der Waals surface area contributed by atoms with Crippen molar-refractivity contribution >= 4 is 96.2 Å². The van der Waals surface area contributed by atoms with Crippen LogP contribution < -0.4 is 57.3 Å².